The molecule has 0 unspecified atom stereocenters. The number of nitrogens with one attached hydrogen (secondary N) is 2. The maximum atomic E-state index is 11.6. The van der Waals surface area contributed by atoms with Crippen molar-refractivity contribution in [1.82, 2.24) is 14.8 Å². The van der Waals surface area contributed by atoms with Gasteiger partial charge in [0.1, 0.15) is 0 Å². The Hall–Kier alpha value is -2.61. The van der Waals surface area contributed by atoms with E-state index in [0.29, 0.717) is 11.5 Å². The highest BCUT2D eigenvalue weighted by atomic mass is 16.1. The van der Waals surface area contributed by atoms with E-state index in [1.54, 1.807) is 10.9 Å². The van der Waals surface area contributed by atoms with E-state index in [4.69, 9.17) is 11.5 Å². The number of nitrogens with two attached hydrogens (primary N) is 2. The zero-order valence-electron chi connectivity index (χ0n) is 13.7. The number of anilines is 3. The van der Waals surface area contributed by atoms with Gasteiger partial charge in [-0.3, -0.25) is 9.48 Å². The van der Waals surface area contributed by atoms with E-state index < -0.39 is 5.91 Å². The smallest absolute Gasteiger partial charge is 0.269 e. The quantitative estimate of drug-likeness (QED) is 0.656. The summed E-state index contributed by atoms with van der Waals surface area (Å²) in [5, 5.41) is 10.8. The molecule has 1 amide bonds. The highest BCUT2D eigenvalue weighted by molar-refractivity contribution is 5.97. The van der Waals surface area contributed by atoms with Crippen LogP contribution in [0.25, 0.3) is 0 Å². The summed E-state index contributed by atoms with van der Waals surface area (Å²) in [6.07, 6.45) is 7.81. The predicted molar refractivity (Wildman–Crippen MR) is 93.1 cm³/mol. The van der Waals surface area contributed by atoms with Crippen LogP contribution in [0.2, 0.25) is 0 Å². The molecule has 0 bridgehead atoms. The molecule has 0 radical (unpaired) electrons. The molecule has 1 fully saturated rings. The van der Waals surface area contributed by atoms with Crippen molar-refractivity contribution in [2.45, 2.75) is 37.8 Å². The second kappa shape index (κ2) is 6.88. The summed E-state index contributed by atoms with van der Waals surface area (Å²) in [6, 6.07) is 3.97. The van der Waals surface area contributed by atoms with Crippen LogP contribution >= 0.6 is 0 Å². The van der Waals surface area contributed by atoms with Gasteiger partial charge in [-0.1, -0.05) is 12.8 Å². The van der Waals surface area contributed by atoms with Gasteiger partial charge in [0, 0.05) is 31.4 Å². The third-order valence-electron chi connectivity index (χ3n) is 4.27. The fourth-order valence-electron chi connectivity index (χ4n) is 3.01. The summed E-state index contributed by atoms with van der Waals surface area (Å²) in [7, 11) is 1.82. The minimum Gasteiger partial charge on any atom is -0.379 e. The lowest BCUT2D eigenvalue weighted by atomic mass is 9.91. The number of hydrogen-bond acceptors (Lipinski definition) is 6. The summed E-state index contributed by atoms with van der Waals surface area (Å²) < 4.78 is 1.67. The first-order chi connectivity index (χ1) is 11.5. The first-order valence-corrected chi connectivity index (χ1v) is 8.11. The van der Waals surface area contributed by atoms with Crippen LogP contribution in [0.1, 0.15) is 36.2 Å². The molecular weight excluding hydrogens is 306 g/mol. The maximum Gasteiger partial charge on any atom is 0.269 e. The average Bonchev–Trinajstić information content (AvgIpc) is 2.94. The largest absolute Gasteiger partial charge is 0.379 e. The fraction of sp³-hybridized carbons (Fsp3) is 0.438. The Morgan fingerprint density at radius 3 is 2.83 bits per heavy atom. The number of pyridine rings is 1. The number of amides is 1. The van der Waals surface area contributed by atoms with Crippen LogP contribution in [0.5, 0.6) is 0 Å². The van der Waals surface area contributed by atoms with Crippen molar-refractivity contribution in [1.29, 1.82) is 0 Å². The number of primary amides is 1. The van der Waals surface area contributed by atoms with Gasteiger partial charge in [-0.2, -0.15) is 5.10 Å². The molecule has 3 rings (SSSR count). The van der Waals surface area contributed by atoms with Gasteiger partial charge in [-0.15, -0.1) is 0 Å². The molecular formula is C16H23N7O. The normalized spacial score (nSPS) is 20.6. The van der Waals surface area contributed by atoms with Crippen LogP contribution in [0.3, 0.4) is 0 Å². The van der Waals surface area contributed by atoms with E-state index in [-0.39, 0.29) is 17.8 Å². The first-order valence-electron chi connectivity index (χ1n) is 8.11. The zero-order valence-corrected chi connectivity index (χ0v) is 13.7. The van der Waals surface area contributed by atoms with Gasteiger partial charge in [0.25, 0.3) is 5.91 Å². The molecule has 0 spiro atoms. The number of carbonyl (C=O) groups excluding carboxylic acids is 1. The Morgan fingerprint density at radius 1 is 1.38 bits per heavy atom. The summed E-state index contributed by atoms with van der Waals surface area (Å²) in [6.45, 7) is 0. The second-order valence-corrected chi connectivity index (χ2v) is 6.18. The molecule has 8 nitrogen and oxygen atoms in total. The molecule has 2 aromatic rings. The van der Waals surface area contributed by atoms with E-state index >= 15 is 0 Å². The number of aromatic nitrogens is 3. The summed E-state index contributed by atoms with van der Waals surface area (Å²) in [5.74, 6) is 0.0302. The topological polar surface area (TPSA) is 124 Å². The third-order valence-corrected chi connectivity index (χ3v) is 4.27. The Morgan fingerprint density at radius 2 is 2.17 bits per heavy atom. The van der Waals surface area contributed by atoms with Gasteiger partial charge in [-0.05, 0) is 18.9 Å². The van der Waals surface area contributed by atoms with E-state index in [0.717, 1.165) is 24.9 Å². The second-order valence-electron chi connectivity index (χ2n) is 6.18. The fourth-order valence-corrected chi connectivity index (χ4v) is 3.01. The van der Waals surface area contributed by atoms with E-state index in [9.17, 15) is 4.79 Å². The molecule has 2 aromatic heterocycles. The van der Waals surface area contributed by atoms with E-state index in [1.807, 2.05) is 25.4 Å². The van der Waals surface area contributed by atoms with Gasteiger partial charge in [0.15, 0.2) is 11.5 Å². The molecule has 0 aromatic carbocycles. The van der Waals surface area contributed by atoms with Crippen molar-refractivity contribution in [3.8, 4) is 0 Å². The monoisotopic (exact) mass is 329 g/mol. The number of hydrogen-bond donors (Lipinski definition) is 4. The van der Waals surface area contributed by atoms with Crippen molar-refractivity contribution in [2.24, 2.45) is 18.5 Å². The maximum absolute atomic E-state index is 11.6. The number of nitrogens with zero attached hydrogens (tertiary/aromatic N) is 3. The van der Waals surface area contributed by atoms with Gasteiger partial charge in [0.2, 0.25) is 0 Å². The molecule has 2 heterocycles. The van der Waals surface area contributed by atoms with Crippen molar-refractivity contribution in [2.75, 3.05) is 10.6 Å². The minimum atomic E-state index is -0.589. The Kier molecular flexibility index (Phi) is 4.66. The standard InChI is InChI=1S/C16H23N7O/c1-23-7-6-14(22-23)21-13-8-10(9-19-15(13)16(18)24)20-12-5-3-2-4-11(12)17/h6-9,11-12,20H,2-5,17H2,1H3,(H2,18,24)(H,21,22)/t11-,12+/m0/s1. The van der Waals surface area contributed by atoms with Crippen molar-refractivity contribution in [3.63, 3.8) is 0 Å². The lowest BCUT2D eigenvalue weighted by Crippen LogP contribution is -2.42. The summed E-state index contributed by atoms with van der Waals surface area (Å²) >= 11 is 0. The van der Waals surface area contributed by atoms with Crippen LogP contribution < -0.4 is 22.1 Å². The van der Waals surface area contributed by atoms with Crippen molar-refractivity contribution in [3.05, 3.63) is 30.2 Å². The van der Waals surface area contributed by atoms with Gasteiger partial charge < -0.3 is 22.1 Å². The van der Waals surface area contributed by atoms with Crippen LogP contribution in [-0.2, 0) is 7.05 Å². The SMILES string of the molecule is Cn1ccc(Nc2cc(N[C@@H]3CCCC[C@@H]3N)cnc2C(N)=O)n1. The molecule has 24 heavy (non-hydrogen) atoms. The average molecular weight is 329 g/mol. The highest BCUT2D eigenvalue weighted by Gasteiger charge is 2.22. The molecule has 128 valence electrons. The van der Waals surface area contributed by atoms with E-state index in [2.05, 4.69) is 20.7 Å². The number of rotatable bonds is 5. The van der Waals surface area contributed by atoms with Crippen molar-refractivity contribution < 1.29 is 4.79 Å². The molecule has 2 atom stereocenters. The van der Waals surface area contributed by atoms with Gasteiger partial charge >= 0.3 is 0 Å². The number of carbonyl (C=O) groups is 1. The summed E-state index contributed by atoms with van der Waals surface area (Å²) in [5.41, 5.74) is 13.1. The molecule has 0 saturated heterocycles. The van der Waals surface area contributed by atoms with Gasteiger partial charge in [-0.25, -0.2) is 4.98 Å². The van der Waals surface area contributed by atoms with Gasteiger partial charge in [0.05, 0.1) is 17.6 Å². The molecule has 8 heteroatoms. The summed E-state index contributed by atoms with van der Waals surface area (Å²) in [4.78, 5) is 15.8. The zero-order chi connectivity index (χ0) is 17.1. The first kappa shape index (κ1) is 16.3. The number of aryl methyl sites for hydroxylation is 1. The highest BCUT2D eigenvalue weighted by Crippen LogP contribution is 2.25. The Labute approximate surface area is 140 Å². The Balaban J connectivity index is 1.83. The lowest BCUT2D eigenvalue weighted by Gasteiger charge is -2.30. The third kappa shape index (κ3) is 3.65. The minimum absolute atomic E-state index is 0.127. The molecule has 1 aliphatic rings. The molecule has 6 N–H and O–H groups in total. The van der Waals surface area contributed by atoms with Crippen LogP contribution in [-0.4, -0.2) is 32.8 Å². The van der Waals surface area contributed by atoms with Crippen LogP contribution in [0, 0.1) is 0 Å². The Bertz CT molecular complexity index is 727. The van der Waals surface area contributed by atoms with Crippen LogP contribution in [0.15, 0.2) is 24.5 Å². The lowest BCUT2D eigenvalue weighted by molar-refractivity contribution is 0.0996. The molecule has 1 aliphatic carbocycles. The molecule has 1 saturated carbocycles. The molecule has 0 aliphatic heterocycles. The predicted octanol–water partition coefficient (Wildman–Crippen LogP) is 1.34. The van der Waals surface area contributed by atoms with Crippen molar-refractivity contribution >= 4 is 23.1 Å². The van der Waals surface area contributed by atoms with E-state index in [1.165, 1.54) is 6.42 Å². The van der Waals surface area contributed by atoms with Crippen LogP contribution in [0.4, 0.5) is 17.2 Å².